The van der Waals surface area contributed by atoms with Gasteiger partial charge in [-0.1, -0.05) is 18.9 Å². The molecule has 6 rings (SSSR count). The van der Waals surface area contributed by atoms with Gasteiger partial charge in [0.2, 0.25) is 11.8 Å². The van der Waals surface area contributed by atoms with Crippen LogP contribution in [-0.2, 0) is 0 Å². The summed E-state index contributed by atoms with van der Waals surface area (Å²) >= 11 is 0. The van der Waals surface area contributed by atoms with Crippen LogP contribution in [0.15, 0.2) is 45.7 Å². The van der Waals surface area contributed by atoms with Gasteiger partial charge in [-0.3, -0.25) is 14.7 Å². The van der Waals surface area contributed by atoms with Gasteiger partial charge in [-0.25, -0.2) is 4.98 Å². The maximum atomic E-state index is 13.0. The number of nitrogens with one attached hydrogen (secondary N) is 1. The topological polar surface area (TPSA) is 100.0 Å². The molecule has 178 valence electrons. The fraction of sp³-hybridized carbons (Fsp3) is 0.407. The number of nitriles is 1. The summed E-state index contributed by atoms with van der Waals surface area (Å²) in [6.45, 7) is 2.25. The Kier molecular flexibility index (Phi) is 5.50. The molecule has 0 amide bonds. The summed E-state index contributed by atoms with van der Waals surface area (Å²) in [5, 5.41) is 14.4. The third kappa shape index (κ3) is 4.06. The Labute approximate surface area is 203 Å². The Morgan fingerprint density at radius 3 is 2.66 bits per heavy atom. The molecule has 2 fully saturated rings. The number of rotatable bonds is 4. The SMILES string of the molecule is CN1CCC(c2ccc3oc(Nc4ncc5cc(C#N)c(=O)n(C6CCCC6)c5n4)cc3c2)CC1. The summed E-state index contributed by atoms with van der Waals surface area (Å²) in [4.78, 5) is 24.5. The molecule has 35 heavy (non-hydrogen) atoms. The number of furan rings is 1. The lowest BCUT2D eigenvalue weighted by molar-refractivity contribution is 0.255. The van der Waals surface area contributed by atoms with Crippen LogP contribution in [0.2, 0.25) is 0 Å². The molecule has 0 radical (unpaired) electrons. The Balaban J connectivity index is 1.32. The second kappa shape index (κ2) is 8.82. The number of piperidine rings is 1. The van der Waals surface area contributed by atoms with E-state index in [2.05, 4.69) is 39.4 Å². The van der Waals surface area contributed by atoms with E-state index < -0.39 is 0 Å². The molecular weight excluding hydrogens is 440 g/mol. The predicted molar refractivity (Wildman–Crippen MR) is 135 cm³/mol. The van der Waals surface area contributed by atoms with Crippen molar-refractivity contribution in [3.05, 3.63) is 58.0 Å². The number of anilines is 2. The summed E-state index contributed by atoms with van der Waals surface area (Å²) in [5.74, 6) is 1.50. The van der Waals surface area contributed by atoms with E-state index in [9.17, 15) is 10.1 Å². The molecule has 1 saturated heterocycles. The Morgan fingerprint density at radius 1 is 1.09 bits per heavy atom. The van der Waals surface area contributed by atoms with Crippen molar-refractivity contribution < 1.29 is 4.42 Å². The van der Waals surface area contributed by atoms with Crippen molar-refractivity contribution in [1.29, 1.82) is 5.26 Å². The Bertz CT molecular complexity index is 1500. The molecule has 1 aromatic carbocycles. The zero-order valence-corrected chi connectivity index (χ0v) is 19.8. The van der Waals surface area contributed by atoms with Crippen LogP contribution < -0.4 is 10.9 Å². The van der Waals surface area contributed by atoms with Crippen molar-refractivity contribution in [2.45, 2.75) is 50.5 Å². The quantitative estimate of drug-likeness (QED) is 0.446. The van der Waals surface area contributed by atoms with E-state index in [1.165, 1.54) is 18.4 Å². The Hall–Kier alpha value is -3.70. The van der Waals surface area contributed by atoms with Crippen LogP contribution in [0.3, 0.4) is 0 Å². The average Bonchev–Trinajstić information content (AvgIpc) is 3.53. The largest absolute Gasteiger partial charge is 0.440 e. The molecule has 3 aromatic heterocycles. The van der Waals surface area contributed by atoms with Gasteiger partial charge in [0, 0.05) is 29.1 Å². The van der Waals surface area contributed by atoms with E-state index in [1.54, 1.807) is 16.8 Å². The van der Waals surface area contributed by atoms with Crippen molar-refractivity contribution in [3.63, 3.8) is 0 Å². The molecule has 4 heterocycles. The zero-order chi connectivity index (χ0) is 23.9. The van der Waals surface area contributed by atoms with Crippen molar-refractivity contribution >= 4 is 33.8 Å². The van der Waals surface area contributed by atoms with Crippen LogP contribution >= 0.6 is 0 Å². The maximum absolute atomic E-state index is 13.0. The number of fused-ring (bicyclic) bond motifs is 2. The van der Waals surface area contributed by atoms with Crippen LogP contribution in [0.1, 0.15) is 61.6 Å². The molecule has 4 aromatic rings. The highest BCUT2D eigenvalue weighted by molar-refractivity contribution is 5.83. The number of pyridine rings is 1. The van der Waals surface area contributed by atoms with Crippen molar-refractivity contribution in [3.8, 4) is 6.07 Å². The zero-order valence-electron chi connectivity index (χ0n) is 19.8. The first-order valence-electron chi connectivity index (χ1n) is 12.4. The molecule has 8 nitrogen and oxygen atoms in total. The summed E-state index contributed by atoms with van der Waals surface area (Å²) in [7, 11) is 2.18. The van der Waals surface area contributed by atoms with Gasteiger partial charge in [0.1, 0.15) is 22.9 Å². The van der Waals surface area contributed by atoms with Gasteiger partial charge in [0.25, 0.3) is 5.56 Å². The highest BCUT2D eigenvalue weighted by Crippen LogP contribution is 2.33. The third-order valence-corrected chi connectivity index (χ3v) is 7.55. The van der Waals surface area contributed by atoms with Crippen LogP contribution in [-0.4, -0.2) is 39.6 Å². The second-order valence-electron chi connectivity index (χ2n) is 9.87. The number of likely N-dealkylation sites (tertiary alicyclic amines) is 1. The highest BCUT2D eigenvalue weighted by Gasteiger charge is 2.23. The molecular formula is C27H28N6O2. The summed E-state index contributed by atoms with van der Waals surface area (Å²) in [6.07, 6.45) is 7.99. The lowest BCUT2D eigenvalue weighted by Crippen LogP contribution is -2.29. The molecule has 1 N–H and O–H groups in total. The van der Waals surface area contributed by atoms with Crippen molar-refractivity contribution in [2.75, 3.05) is 25.5 Å². The third-order valence-electron chi connectivity index (χ3n) is 7.55. The van der Waals surface area contributed by atoms with E-state index in [4.69, 9.17) is 4.42 Å². The molecule has 1 aliphatic heterocycles. The van der Waals surface area contributed by atoms with Gasteiger partial charge in [0.05, 0.1) is 0 Å². The molecule has 0 bridgehead atoms. The van der Waals surface area contributed by atoms with Crippen molar-refractivity contribution in [2.24, 2.45) is 0 Å². The number of hydrogen-bond acceptors (Lipinski definition) is 7. The predicted octanol–water partition coefficient (Wildman–Crippen LogP) is 5.08. The van der Waals surface area contributed by atoms with Crippen LogP contribution in [0.25, 0.3) is 22.0 Å². The van der Waals surface area contributed by atoms with Gasteiger partial charge in [0.15, 0.2) is 0 Å². The van der Waals surface area contributed by atoms with Crippen LogP contribution in [0.4, 0.5) is 11.8 Å². The molecule has 0 spiro atoms. The van der Waals surface area contributed by atoms with Crippen LogP contribution in [0.5, 0.6) is 0 Å². The van der Waals surface area contributed by atoms with Crippen LogP contribution in [0, 0.1) is 11.3 Å². The summed E-state index contributed by atoms with van der Waals surface area (Å²) < 4.78 is 7.72. The number of nitrogens with zero attached hydrogens (tertiary/aromatic N) is 5. The van der Waals surface area contributed by atoms with Gasteiger partial charge in [-0.2, -0.15) is 10.2 Å². The maximum Gasteiger partial charge on any atom is 0.270 e. The molecule has 1 aliphatic carbocycles. The first-order chi connectivity index (χ1) is 17.1. The Morgan fingerprint density at radius 2 is 1.89 bits per heavy atom. The highest BCUT2D eigenvalue weighted by atomic mass is 16.3. The first kappa shape index (κ1) is 21.8. The molecule has 8 heteroatoms. The standard InChI is InChI=1S/C27H28N6O2/c1-32-10-8-17(9-11-32)18-6-7-23-19(12-18)14-24(35-23)30-27-29-16-21-13-20(15-28)26(34)33(25(21)31-27)22-4-2-3-5-22/h6-7,12-14,16-17,22H,2-5,8-11H2,1H3,(H,29,30,31). The number of benzene rings is 1. The van der Waals surface area contributed by atoms with Gasteiger partial charge in [-0.05, 0) is 75.5 Å². The van der Waals surface area contributed by atoms with E-state index in [-0.39, 0.29) is 17.2 Å². The molecule has 0 unspecified atom stereocenters. The number of aromatic nitrogens is 3. The summed E-state index contributed by atoms with van der Waals surface area (Å²) in [5.41, 5.74) is 2.58. The molecule has 0 atom stereocenters. The first-order valence-corrected chi connectivity index (χ1v) is 12.4. The van der Waals surface area contributed by atoms with Crippen molar-refractivity contribution in [1.82, 2.24) is 19.4 Å². The van der Waals surface area contributed by atoms with Gasteiger partial charge in [-0.15, -0.1) is 0 Å². The van der Waals surface area contributed by atoms with E-state index in [0.717, 1.165) is 49.7 Å². The van der Waals surface area contributed by atoms with E-state index in [0.29, 0.717) is 28.8 Å². The number of hydrogen-bond donors (Lipinski definition) is 1. The summed E-state index contributed by atoms with van der Waals surface area (Å²) in [6, 6.07) is 12.1. The fourth-order valence-corrected chi connectivity index (χ4v) is 5.59. The molecule has 1 saturated carbocycles. The van der Waals surface area contributed by atoms with Gasteiger partial charge < -0.3 is 9.32 Å². The lowest BCUT2D eigenvalue weighted by Gasteiger charge is -2.29. The minimum Gasteiger partial charge on any atom is -0.440 e. The van der Waals surface area contributed by atoms with E-state index in [1.807, 2.05) is 18.2 Å². The smallest absolute Gasteiger partial charge is 0.270 e. The molecule has 2 aliphatic rings. The lowest BCUT2D eigenvalue weighted by atomic mass is 9.89. The average molecular weight is 469 g/mol. The monoisotopic (exact) mass is 468 g/mol. The normalized spacial score (nSPS) is 17.8. The second-order valence-corrected chi connectivity index (χ2v) is 9.87. The minimum atomic E-state index is -0.276. The fourth-order valence-electron chi connectivity index (χ4n) is 5.59. The van der Waals surface area contributed by atoms with Gasteiger partial charge >= 0.3 is 0 Å². The van der Waals surface area contributed by atoms with E-state index >= 15 is 0 Å². The minimum absolute atomic E-state index is 0.0604.